The fourth-order valence-electron chi connectivity index (χ4n) is 2.15. The number of nitrogens with one attached hydrogen (secondary N) is 2. The van der Waals surface area contributed by atoms with E-state index in [0.717, 1.165) is 19.3 Å². The summed E-state index contributed by atoms with van der Waals surface area (Å²) in [6.45, 7) is 0.609. The SMILES string of the molecule is N=[N+]([O-])c1ncn(CC(=O)NCCC2=CCCCC2)n1. The van der Waals surface area contributed by atoms with Crippen LogP contribution in [0.4, 0.5) is 5.95 Å². The first-order valence-corrected chi connectivity index (χ1v) is 6.67. The van der Waals surface area contributed by atoms with Crippen LogP contribution in [-0.4, -0.2) is 32.1 Å². The molecule has 8 nitrogen and oxygen atoms in total. The van der Waals surface area contributed by atoms with Gasteiger partial charge in [-0.3, -0.25) is 4.79 Å². The minimum absolute atomic E-state index is 0.000111. The first kappa shape index (κ1) is 14.2. The Morgan fingerprint density at radius 2 is 2.40 bits per heavy atom. The number of rotatable bonds is 6. The average molecular weight is 278 g/mol. The van der Waals surface area contributed by atoms with E-state index in [4.69, 9.17) is 5.53 Å². The molecule has 0 saturated carbocycles. The fraction of sp³-hybridized carbons (Fsp3) is 0.583. The third-order valence-corrected chi connectivity index (χ3v) is 3.16. The van der Waals surface area contributed by atoms with Crippen molar-refractivity contribution in [2.45, 2.75) is 38.6 Å². The predicted octanol–water partition coefficient (Wildman–Crippen LogP) is 1.46. The van der Waals surface area contributed by atoms with Crippen molar-refractivity contribution in [1.82, 2.24) is 20.1 Å². The van der Waals surface area contributed by atoms with E-state index in [1.165, 1.54) is 29.4 Å². The molecule has 0 aliphatic heterocycles. The summed E-state index contributed by atoms with van der Waals surface area (Å²) in [6, 6.07) is 0. The molecule has 1 aliphatic rings. The van der Waals surface area contributed by atoms with Gasteiger partial charge in [0, 0.05) is 11.6 Å². The first-order chi connectivity index (χ1) is 9.65. The summed E-state index contributed by atoms with van der Waals surface area (Å²) in [5, 5.41) is 17.1. The van der Waals surface area contributed by atoms with Crippen LogP contribution in [0.15, 0.2) is 18.0 Å². The molecule has 8 heteroatoms. The van der Waals surface area contributed by atoms with E-state index >= 15 is 0 Å². The molecular formula is C12H18N6O2. The van der Waals surface area contributed by atoms with Crippen LogP contribution in [0.3, 0.4) is 0 Å². The van der Waals surface area contributed by atoms with Crippen molar-refractivity contribution in [1.29, 1.82) is 5.53 Å². The van der Waals surface area contributed by atoms with Crippen molar-refractivity contribution in [3.05, 3.63) is 23.2 Å². The molecule has 0 atom stereocenters. The second-order valence-corrected chi connectivity index (χ2v) is 4.74. The van der Waals surface area contributed by atoms with E-state index in [1.54, 1.807) is 0 Å². The summed E-state index contributed by atoms with van der Waals surface area (Å²) in [5.74, 6) is -0.453. The Hall–Kier alpha value is -2.25. The van der Waals surface area contributed by atoms with Gasteiger partial charge in [-0.25, -0.2) is 0 Å². The van der Waals surface area contributed by atoms with Crippen LogP contribution in [0.2, 0.25) is 0 Å². The number of allylic oxidation sites excluding steroid dienone is 1. The molecule has 0 fully saturated rings. The van der Waals surface area contributed by atoms with Crippen molar-refractivity contribution in [2.24, 2.45) is 0 Å². The predicted molar refractivity (Wildman–Crippen MR) is 70.2 cm³/mol. The number of carbonyl (C=O) groups is 1. The minimum atomic E-state index is -0.273. The molecule has 2 rings (SSSR count). The zero-order valence-corrected chi connectivity index (χ0v) is 11.2. The van der Waals surface area contributed by atoms with Crippen LogP contribution in [0.5, 0.6) is 0 Å². The third-order valence-electron chi connectivity index (χ3n) is 3.16. The molecule has 0 aromatic carbocycles. The summed E-state index contributed by atoms with van der Waals surface area (Å²) < 4.78 is 1.24. The lowest BCUT2D eigenvalue weighted by atomic mass is 9.97. The lowest BCUT2D eigenvalue weighted by molar-refractivity contribution is -0.473. The van der Waals surface area contributed by atoms with E-state index in [9.17, 15) is 10.0 Å². The van der Waals surface area contributed by atoms with Crippen LogP contribution in [0.1, 0.15) is 32.1 Å². The molecule has 1 amide bonds. The summed E-state index contributed by atoms with van der Waals surface area (Å²) in [6.07, 6.45) is 9.18. The van der Waals surface area contributed by atoms with Gasteiger partial charge in [-0.05, 0) is 32.1 Å². The van der Waals surface area contributed by atoms with E-state index < -0.39 is 0 Å². The molecule has 0 saturated heterocycles. The van der Waals surface area contributed by atoms with Gasteiger partial charge in [0.25, 0.3) is 0 Å². The van der Waals surface area contributed by atoms with Gasteiger partial charge < -0.3 is 10.5 Å². The fourth-order valence-corrected chi connectivity index (χ4v) is 2.15. The Labute approximate surface area is 116 Å². The number of hydrogen-bond donors (Lipinski definition) is 2. The maximum Gasteiger partial charge on any atom is 0.475 e. The standard InChI is InChI=1S/C12H18N6O2/c13-18(20)12-15-9-17(16-12)8-11(19)14-7-6-10-4-2-1-3-5-10/h4,9,13H,1-3,5-8H2,(H,14,19). The largest absolute Gasteiger partial charge is 0.722 e. The zero-order chi connectivity index (χ0) is 14.4. The molecule has 1 heterocycles. The Morgan fingerprint density at radius 1 is 1.55 bits per heavy atom. The smallest absolute Gasteiger partial charge is 0.475 e. The number of hydrogen-bond acceptors (Lipinski definition) is 5. The summed E-state index contributed by atoms with van der Waals surface area (Å²) >= 11 is 0. The quantitative estimate of drug-likeness (QED) is 0.355. The number of nitrogens with zero attached hydrogens (tertiary/aromatic N) is 4. The average Bonchev–Trinajstić information content (AvgIpc) is 2.88. The van der Waals surface area contributed by atoms with Gasteiger partial charge in [0.05, 0.1) is 0 Å². The molecule has 0 radical (unpaired) electrons. The second-order valence-electron chi connectivity index (χ2n) is 4.74. The first-order valence-electron chi connectivity index (χ1n) is 6.67. The molecule has 1 aliphatic carbocycles. The second kappa shape index (κ2) is 6.78. The highest BCUT2D eigenvalue weighted by molar-refractivity contribution is 5.75. The zero-order valence-electron chi connectivity index (χ0n) is 11.2. The van der Waals surface area contributed by atoms with E-state index in [1.807, 2.05) is 0 Å². The van der Waals surface area contributed by atoms with E-state index in [2.05, 4.69) is 21.5 Å². The van der Waals surface area contributed by atoms with E-state index in [0.29, 0.717) is 6.54 Å². The summed E-state index contributed by atoms with van der Waals surface area (Å²) in [4.78, 5) is 15.1. The van der Waals surface area contributed by atoms with Crippen molar-refractivity contribution < 1.29 is 9.66 Å². The molecule has 0 bridgehead atoms. The molecule has 2 N–H and O–H groups in total. The van der Waals surface area contributed by atoms with Crippen LogP contribution >= 0.6 is 0 Å². The maximum atomic E-state index is 11.7. The third kappa shape index (κ3) is 4.15. The van der Waals surface area contributed by atoms with Crippen molar-refractivity contribution in [3.8, 4) is 0 Å². The highest BCUT2D eigenvalue weighted by Crippen LogP contribution is 2.19. The summed E-state index contributed by atoms with van der Waals surface area (Å²) in [5.41, 5.74) is 8.18. The van der Waals surface area contributed by atoms with E-state index in [-0.39, 0.29) is 23.3 Å². The Bertz CT molecular complexity index is 522. The monoisotopic (exact) mass is 278 g/mol. The molecule has 108 valence electrons. The Balaban J connectivity index is 1.71. The topological polar surface area (TPSA) is 110 Å². The molecule has 20 heavy (non-hydrogen) atoms. The van der Waals surface area contributed by atoms with Crippen LogP contribution in [-0.2, 0) is 11.3 Å². The maximum absolute atomic E-state index is 11.7. The normalized spacial score (nSPS) is 14.7. The molecule has 1 aromatic heterocycles. The van der Waals surface area contributed by atoms with Gasteiger partial charge in [0.2, 0.25) is 12.2 Å². The number of carbonyl (C=O) groups excluding carboxylic acids is 1. The lowest BCUT2D eigenvalue weighted by Crippen LogP contribution is -2.29. The Morgan fingerprint density at radius 3 is 3.05 bits per heavy atom. The lowest BCUT2D eigenvalue weighted by Gasteiger charge is -2.12. The molecule has 1 aromatic rings. The van der Waals surface area contributed by atoms with Gasteiger partial charge in [-0.2, -0.15) is 10.2 Å². The highest BCUT2D eigenvalue weighted by atomic mass is 16.5. The minimum Gasteiger partial charge on any atom is -0.722 e. The molecule has 0 unspecified atom stereocenters. The van der Waals surface area contributed by atoms with Crippen molar-refractivity contribution in [3.63, 3.8) is 0 Å². The number of aromatic nitrogens is 3. The van der Waals surface area contributed by atoms with Crippen LogP contribution < -0.4 is 5.32 Å². The summed E-state index contributed by atoms with van der Waals surface area (Å²) in [7, 11) is 0. The van der Waals surface area contributed by atoms with Gasteiger partial charge >= 0.3 is 5.95 Å². The van der Waals surface area contributed by atoms with Gasteiger partial charge in [-0.1, -0.05) is 16.6 Å². The van der Waals surface area contributed by atoms with Crippen LogP contribution in [0, 0.1) is 10.7 Å². The number of amides is 1. The van der Waals surface area contributed by atoms with Crippen molar-refractivity contribution in [2.75, 3.05) is 6.54 Å². The molecular weight excluding hydrogens is 260 g/mol. The van der Waals surface area contributed by atoms with Gasteiger partial charge in [0.15, 0.2) is 0 Å². The van der Waals surface area contributed by atoms with Gasteiger partial charge in [0.1, 0.15) is 6.54 Å². The van der Waals surface area contributed by atoms with Crippen LogP contribution in [0.25, 0.3) is 0 Å². The van der Waals surface area contributed by atoms with Crippen molar-refractivity contribution >= 4 is 11.9 Å². The Kier molecular flexibility index (Phi) is 4.80. The van der Waals surface area contributed by atoms with Gasteiger partial charge in [-0.15, -0.1) is 4.86 Å². The highest BCUT2D eigenvalue weighted by Gasteiger charge is 2.13. The molecule has 0 spiro atoms.